The van der Waals surface area contributed by atoms with Gasteiger partial charge >= 0.3 is 6.18 Å². The molecule has 1 fully saturated rings. The predicted molar refractivity (Wildman–Crippen MR) is 87.9 cm³/mol. The Morgan fingerprint density at radius 2 is 1.74 bits per heavy atom. The number of nitrogens with zero attached hydrogens (tertiary/aromatic N) is 3. The maximum Gasteiger partial charge on any atom is 0.416 e. The van der Waals surface area contributed by atoms with Crippen LogP contribution in [0, 0.1) is 33.5 Å². The summed E-state index contributed by atoms with van der Waals surface area (Å²) in [4.78, 5) is 4.11. The minimum absolute atomic E-state index is 0.0648. The number of alkyl halides is 3. The second-order valence-electron chi connectivity index (χ2n) is 6.30. The van der Waals surface area contributed by atoms with Gasteiger partial charge in [0.25, 0.3) is 5.91 Å². The van der Waals surface area contributed by atoms with Crippen molar-refractivity contribution in [3.05, 3.63) is 35.4 Å². The fraction of sp³-hybridized carbons (Fsp3) is 0.500. The van der Waals surface area contributed by atoms with E-state index in [4.69, 9.17) is 15.2 Å². The van der Waals surface area contributed by atoms with Gasteiger partial charge in [0.1, 0.15) is 11.3 Å². The molecule has 142 valence electrons. The first-order valence-corrected chi connectivity index (χ1v) is 8.34. The number of halogens is 3. The summed E-state index contributed by atoms with van der Waals surface area (Å²) in [5, 5.41) is 19.9. The molecule has 1 aliphatic heterocycles. The molecule has 6 nitrogen and oxygen atoms in total. The molecule has 0 saturated heterocycles. The Bertz CT molecular complexity index is 880. The van der Waals surface area contributed by atoms with Gasteiger partial charge in [-0.05, 0) is 25.5 Å². The number of ether oxygens (including phenoxy) is 2. The van der Waals surface area contributed by atoms with Crippen molar-refractivity contribution in [2.45, 2.75) is 31.9 Å². The van der Waals surface area contributed by atoms with E-state index in [1.807, 2.05) is 12.1 Å². The van der Waals surface area contributed by atoms with Crippen molar-refractivity contribution in [2.75, 3.05) is 13.2 Å². The molecule has 1 aromatic carbocycles. The van der Waals surface area contributed by atoms with E-state index < -0.39 is 34.4 Å². The van der Waals surface area contributed by atoms with Gasteiger partial charge in [0.15, 0.2) is 5.41 Å². The number of rotatable bonds is 5. The number of benzene rings is 1. The van der Waals surface area contributed by atoms with Gasteiger partial charge in [-0.15, -0.1) is 0 Å². The third-order valence-electron chi connectivity index (χ3n) is 5.18. The molecule has 3 unspecified atom stereocenters. The molecule has 0 spiro atoms. The van der Waals surface area contributed by atoms with Gasteiger partial charge in [0.05, 0.1) is 17.7 Å². The number of nitrogens with two attached hydrogens (primary N) is 1. The molecule has 3 rings (SSSR count). The van der Waals surface area contributed by atoms with E-state index in [2.05, 4.69) is 4.99 Å². The van der Waals surface area contributed by atoms with Gasteiger partial charge in [0, 0.05) is 19.1 Å². The molecule has 1 aliphatic carbocycles. The Balaban J connectivity index is 2.29. The van der Waals surface area contributed by atoms with Crippen LogP contribution in [0.1, 0.15) is 30.9 Å². The SMILES string of the molecule is CCOC1(OCC)N=C(N)C2(C#N)C(c3ccccc3C(F)(F)F)C12C#N. The molecule has 0 bridgehead atoms. The van der Waals surface area contributed by atoms with Crippen molar-refractivity contribution in [3.63, 3.8) is 0 Å². The zero-order chi connectivity index (χ0) is 20.1. The number of amidine groups is 1. The second kappa shape index (κ2) is 5.95. The standard InChI is InChI=1S/C18H17F3N4O2/c1-3-26-18(27-4-2)16(10-23)13(15(16,9-22)14(24)25-18)11-7-5-6-8-12(11)17(19,20)21/h5-8,13H,3-4H2,1-2H3,(H2,24,25). The smallest absolute Gasteiger partial charge is 0.386 e. The number of aliphatic imine (C=N–C) groups is 1. The largest absolute Gasteiger partial charge is 0.416 e. The highest BCUT2D eigenvalue weighted by Crippen LogP contribution is 2.82. The van der Waals surface area contributed by atoms with Crippen molar-refractivity contribution >= 4 is 5.84 Å². The van der Waals surface area contributed by atoms with Gasteiger partial charge in [0.2, 0.25) is 0 Å². The van der Waals surface area contributed by atoms with Crippen LogP contribution in [0.15, 0.2) is 29.3 Å². The average Bonchev–Trinajstić information content (AvgIpc) is 3.20. The van der Waals surface area contributed by atoms with E-state index in [-0.39, 0.29) is 24.6 Å². The van der Waals surface area contributed by atoms with Crippen LogP contribution < -0.4 is 5.73 Å². The molecule has 0 aromatic heterocycles. The number of nitriles is 2. The normalized spacial score (nSPS) is 30.8. The molecule has 2 aliphatic rings. The first kappa shape index (κ1) is 19.2. The second-order valence-corrected chi connectivity index (χ2v) is 6.30. The summed E-state index contributed by atoms with van der Waals surface area (Å²) in [6.45, 7) is 3.39. The van der Waals surface area contributed by atoms with Crippen LogP contribution in [0.2, 0.25) is 0 Å². The number of hydrogen-bond acceptors (Lipinski definition) is 6. The Morgan fingerprint density at radius 1 is 1.15 bits per heavy atom. The number of fused-ring (bicyclic) bond motifs is 1. The van der Waals surface area contributed by atoms with E-state index >= 15 is 0 Å². The van der Waals surface area contributed by atoms with Crippen molar-refractivity contribution in [2.24, 2.45) is 21.6 Å². The van der Waals surface area contributed by atoms with Gasteiger partial charge in [-0.3, -0.25) is 0 Å². The van der Waals surface area contributed by atoms with E-state index in [9.17, 15) is 23.7 Å². The Labute approximate surface area is 154 Å². The lowest BCUT2D eigenvalue weighted by Gasteiger charge is -2.32. The summed E-state index contributed by atoms with van der Waals surface area (Å²) in [6, 6.07) is 8.77. The monoisotopic (exact) mass is 378 g/mol. The van der Waals surface area contributed by atoms with E-state index in [1.165, 1.54) is 18.2 Å². The summed E-state index contributed by atoms with van der Waals surface area (Å²) in [7, 11) is 0. The summed E-state index contributed by atoms with van der Waals surface area (Å²) in [5.74, 6) is -3.38. The summed E-state index contributed by atoms with van der Waals surface area (Å²) in [5.41, 5.74) is 1.29. The molecular formula is C18H17F3N4O2. The molecule has 1 saturated carbocycles. The summed E-state index contributed by atoms with van der Waals surface area (Å²) >= 11 is 0. The third-order valence-corrected chi connectivity index (χ3v) is 5.18. The van der Waals surface area contributed by atoms with Crippen molar-refractivity contribution in [3.8, 4) is 12.1 Å². The zero-order valence-electron chi connectivity index (χ0n) is 14.7. The Kier molecular flexibility index (Phi) is 4.22. The van der Waals surface area contributed by atoms with Crippen LogP contribution in [-0.4, -0.2) is 25.0 Å². The summed E-state index contributed by atoms with van der Waals surface area (Å²) < 4.78 is 51.9. The maximum atomic E-state index is 13.6. The van der Waals surface area contributed by atoms with Crippen LogP contribution in [0.4, 0.5) is 13.2 Å². The molecule has 9 heteroatoms. The minimum Gasteiger partial charge on any atom is -0.386 e. The lowest BCUT2D eigenvalue weighted by atomic mass is 9.93. The van der Waals surface area contributed by atoms with Crippen molar-refractivity contribution < 1.29 is 22.6 Å². The first-order chi connectivity index (χ1) is 12.7. The van der Waals surface area contributed by atoms with Crippen LogP contribution >= 0.6 is 0 Å². The van der Waals surface area contributed by atoms with Gasteiger partial charge in [-0.1, -0.05) is 18.2 Å². The molecule has 3 atom stereocenters. The van der Waals surface area contributed by atoms with Gasteiger partial charge < -0.3 is 15.2 Å². The minimum atomic E-state index is -4.66. The fourth-order valence-corrected chi connectivity index (χ4v) is 4.22. The summed E-state index contributed by atoms with van der Waals surface area (Å²) in [6.07, 6.45) is -4.66. The molecule has 1 aromatic rings. The van der Waals surface area contributed by atoms with Gasteiger partial charge in [-0.25, -0.2) is 4.99 Å². The van der Waals surface area contributed by atoms with Crippen LogP contribution in [-0.2, 0) is 15.7 Å². The van der Waals surface area contributed by atoms with Crippen molar-refractivity contribution in [1.29, 1.82) is 10.5 Å². The zero-order valence-corrected chi connectivity index (χ0v) is 14.7. The topological polar surface area (TPSA) is 104 Å². The molecule has 1 heterocycles. The molecule has 0 amide bonds. The van der Waals surface area contributed by atoms with Crippen molar-refractivity contribution in [1.82, 2.24) is 0 Å². The average molecular weight is 378 g/mol. The molecule has 2 N–H and O–H groups in total. The van der Waals surface area contributed by atoms with Gasteiger partial charge in [-0.2, -0.15) is 23.7 Å². The lowest BCUT2D eigenvalue weighted by Crippen LogP contribution is -2.43. The maximum absolute atomic E-state index is 13.6. The van der Waals surface area contributed by atoms with Crippen LogP contribution in [0.5, 0.6) is 0 Å². The highest BCUT2D eigenvalue weighted by Gasteiger charge is 2.94. The van der Waals surface area contributed by atoms with E-state index in [1.54, 1.807) is 13.8 Å². The highest BCUT2D eigenvalue weighted by molar-refractivity contribution is 6.00. The molecular weight excluding hydrogens is 361 g/mol. The fourth-order valence-electron chi connectivity index (χ4n) is 4.22. The Hall–Kier alpha value is -2.62. The van der Waals surface area contributed by atoms with E-state index in [0.29, 0.717) is 0 Å². The van der Waals surface area contributed by atoms with Crippen LogP contribution in [0.3, 0.4) is 0 Å². The quantitative estimate of drug-likeness (QED) is 0.793. The Morgan fingerprint density at radius 3 is 2.22 bits per heavy atom. The number of hydrogen-bond donors (Lipinski definition) is 1. The highest BCUT2D eigenvalue weighted by atomic mass is 19.4. The lowest BCUT2D eigenvalue weighted by molar-refractivity contribution is -0.255. The van der Waals surface area contributed by atoms with E-state index in [0.717, 1.165) is 6.07 Å². The first-order valence-electron chi connectivity index (χ1n) is 8.34. The van der Waals surface area contributed by atoms with Crippen LogP contribution in [0.25, 0.3) is 0 Å². The predicted octanol–water partition coefficient (Wildman–Crippen LogP) is 2.92. The molecule has 0 radical (unpaired) electrons. The third kappa shape index (κ3) is 2.10. The molecule has 27 heavy (non-hydrogen) atoms.